The molecule has 1 aliphatic heterocycles. The topological polar surface area (TPSA) is 68.3 Å². The Balaban J connectivity index is 1.55. The standard InChI is InChI=1S/C21H23ClN2O5/c1-23(2)16-6-4-14(5-7-16)12-24(3)19(25)13-29-21(26)15-10-17(22)20-18(11-15)27-8-9-28-20/h4-7,10-11H,8-9,12-13H2,1-3H3. The van der Waals surface area contributed by atoms with E-state index in [0.29, 0.717) is 31.3 Å². The van der Waals surface area contributed by atoms with Gasteiger partial charge in [0.05, 0.1) is 10.6 Å². The van der Waals surface area contributed by atoms with Crippen molar-refractivity contribution in [2.24, 2.45) is 0 Å². The van der Waals surface area contributed by atoms with E-state index in [1.165, 1.54) is 17.0 Å². The third-order valence-electron chi connectivity index (χ3n) is 4.46. The van der Waals surface area contributed by atoms with Crippen LogP contribution in [0.3, 0.4) is 0 Å². The minimum Gasteiger partial charge on any atom is -0.486 e. The van der Waals surface area contributed by atoms with Crippen LogP contribution < -0.4 is 14.4 Å². The van der Waals surface area contributed by atoms with Crippen LogP contribution >= 0.6 is 11.6 Å². The predicted molar refractivity (Wildman–Crippen MR) is 110 cm³/mol. The zero-order chi connectivity index (χ0) is 21.0. The molecule has 154 valence electrons. The van der Waals surface area contributed by atoms with Crippen LogP contribution in [0, 0.1) is 0 Å². The van der Waals surface area contributed by atoms with Crippen molar-refractivity contribution < 1.29 is 23.8 Å². The third-order valence-corrected chi connectivity index (χ3v) is 4.74. The first-order valence-electron chi connectivity index (χ1n) is 9.11. The summed E-state index contributed by atoms with van der Waals surface area (Å²) in [5.74, 6) is -0.162. The summed E-state index contributed by atoms with van der Waals surface area (Å²) in [4.78, 5) is 28.2. The molecule has 0 aliphatic carbocycles. The Morgan fingerprint density at radius 1 is 1.07 bits per heavy atom. The number of ether oxygens (including phenoxy) is 3. The molecule has 0 atom stereocenters. The van der Waals surface area contributed by atoms with Crippen molar-refractivity contribution in [3.8, 4) is 11.5 Å². The highest BCUT2D eigenvalue weighted by atomic mass is 35.5. The van der Waals surface area contributed by atoms with Crippen molar-refractivity contribution in [1.82, 2.24) is 4.90 Å². The number of fused-ring (bicyclic) bond motifs is 1. The van der Waals surface area contributed by atoms with E-state index in [4.69, 9.17) is 25.8 Å². The highest BCUT2D eigenvalue weighted by molar-refractivity contribution is 6.32. The van der Waals surface area contributed by atoms with E-state index < -0.39 is 5.97 Å². The Labute approximate surface area is 174 Å². The molecular formula is C21H23ClN2O5. The maximum absolute atomic E-state index is 12.3. The lowest BCUT2D eigenvalue weighted by Gasteiger charge is -2.20. The molecule has 7 nitrogen and oxygen atoms in total. The van der Waals surface area contributed by atoms with Crippen LogP contribution in [0.25, 0.3) is 0 Å². The summed E-state index contributed by atoms with van der Waals surface area (Å²) >= 11 is 6.13. The third kappa shape index (κ3) is 5.12. The van der Waals surface area contributed by atoms with E-state index in [2.05, 4.69) is 0 Å². The maximum atomic E-state index is 12.3. The van der Waals surface area contributed by atoms with Gasteiger partial charge in [0.25, 0.3) is 5.91 Å². The molecule has 1 aliphatic rings. The number of benzene rings is 2. The zero-order valence-electron chi connectivity index (χ0n) is 16.6. The van der Waals surface area contributed by atoms with E-state index in [1.54, 1.807) is 7.05 Å². The molecule has 0 radical (unpaired) electrons. The number of hydrogen-bond donors (Lipinski definition) is 0. The lowest BCUT2D eigenvalue weighted by molar-refractivity contribution is -0.133. The van der Waals surface area contributed by atoms with Gasteiger partial charge in [-0.1, -0.05) is 23.7 Å². The van der Waals surface area contributed by atoms with Crippen LogP contribution in [0.1, 0.15) is 15.9 Å². The number of likely N-dealkylation sites (N-methyl/N-ethyl adjacent to an activating group) is 1. The number of hydrogen-bond acceptors (Lipinski definition) is 6. The zero-order valence-corrected chi connectivity index (χ0v) is 17.4. The van der Waals surface area contributed by atoms with Gasteiger partial charge in [-0.25, -0.2) is 4.79 Å². The molecule has 29 heavy (non-hydrogen) atoms. The number of anilines is 1. The second-order valence-electron chi connectivity index (χ2n) is 6.87. The van der Waals surface area contributed by atoms with Crippen molar-refractivity contribution in [2.45, 2.75) is 6.54 Å². The summed E-state index contributed by atoms with van der Waals surface area (Å²) in [6.45, 7) is 0.826. The largest absolute Gasteiger partial charge is 0.486 e. The van der Waals surface area contributed by atoms with Crippen molar-refractivity contribution >= 4 is 29.2 Å². The van der Waals surface area contributed by atoms with Gasteiger partial charge in [-0.2, -0.15) is 0 Å². The average Bonchev–Trinajstić information content (AvgIpc) is 2.72. The van der Waals surface area contributed by atoms with Crippen LogP contribution in [0.4, 0.5) is 5.69 Å². The van der Waals surface area contributed by atoms with Crippen LogP contribution in [0.5, 0.6) is 11.5 Å². The average molecular weight is 419 g/mol. The minimum absolute atomic E-state index is 0.203. The highest BCUT2D eigenvalue weighted by Gasteiger charge is 2.21. The summed E-state index contributed by atoms with van der Waals surface area (Å²) in [5.41, 5.74) is 2.26. The van der Waals surface area contributed by atoms with Gasteiger partial charge in [-0.15, -0.1) is 0 Å². The highest BCUT2D eigenvalue weighted by Crippen LogP contribution is 2.38. The number of rotatable bonds is 6. The molecular weight excluding hydrogens is 396 g/mol. The Morgan fingerprint density at radius 2 is 1.76 bits per heavy atom. The van der Waals surface area contributed by atoms with E-state index >= 15 is 0 Å². The van der Waals surface area contributed by atoms with Gasteiger partial charge in [-0.05, 0) is 29.8 Å². The molecule has 0 saturated heterocycles. The molecule has 1 amide bonds. The van der Waals surface area contributed by atoms with Crippen LogP contribution in [0.2, 0.25) is 5.02 Å². The molecule has 0 bridgehead atoms. The SMILES string of the molecule is CN(Cc1ccc(N(C)C)cc1)C(=O)COC(=O)c1cc(Cl)c2c(c1)OCCO2. The van der Waals surface area contributed by atoms with Crippen molar-refractivity contribution in [1.29, 1.82) is 0 Å². The number of esters is 1. The number of amides is 1. The van der Waals surface area contributed by atoms with Gasteiger partial charge in [0.2, 0.25) is 0 Å². The second kappa shape index (κ2) is 9.05. The summed E-state index contributed by atoms with van der Waals surface area (Å²) in [6.07, 6.45) is 0. The summed E-state index contributed by atoms with van der Waals surface area (Å²) in [6, 6.07) is 10.8. The van der Waals surface area contributed by atoms with Gasteiger partial charge >= 0.3 is 5.97 Å². The molecule has 0 unspecified atom stereocenters. The molecule has 2 aromatic rings. The normalized spacial score (nSPS) is 12.3. The lowest BCUT2D eigenvalue weighted by Crippen LogP contribution is -2.30. The van der Waals surface area contributed by atoms with Crippen molar-refractivity contribution in [3.63, 3.8) is 0 Å². The fraction of sp³-hybridized carbons (Fsp3) is 0.333. The Kier molecular flexibility index (Phi) is 6.49. The van der Waals surface area contributed by atoms with E-state index in [1.807, 2.05) is 43.3 Å². The van der Waals surface area contributed by atoms with Gasteiger partial charge in [-0.3, -0.25) is 4.79 Å². The molecule has 0 fully saturated rings. The molecule has 2 aromatic carbocycles. The van der Waals surface area contributed by atoms with E-state index in [9.17, 15) is 9.59 Å². The molecule has 0 N–H and O–H groups in total. The van der Waals surface area contributed by atoms with E-state index in [0.717, 1.165) is 11.3 Å². The van der Waals surface area contributed by atoms with Crippen LogP contribution in [0.15, 0.2) is 36.4 Å². The second-order valence-corrected chi connectivity index (χ2v) is 7.28. The molecule has 0 spiro atoms. The quantitative estimate of drug-likeness (QED) is 0.672. The number of nitrogens with zero attached hydrogens (tertiary/aromatic N) is 2. The first-order chi connectivity index (χ1) is 13.8. The minimum atomic E-state index is -0.652. The Hall–Kier alpha value is -2.93. The maximum Gasteiger partial charge on any atom is 0.338 e. The smallest absolute Gasteiger partial charge is 0.338 e. The van der Waals surface area contributed by atoms with Crippen molar-refractivity contribution in [3.05, 3.63) is 52.5 Å². The summed E-state index contributed by atoms with van der Waals surface area (Å²) in [7, 11) is 5.60. The summed E-state index contributed by atoms with van der Waals surface area (Å²) in [5, 5.41) is 0.263. The first kappa shape index (κ1) is 20.8. The van der Waals surface area contributed by atoms with Crippen LogP contribution in [-0.4, -0.2) is 57.7 Å². The number of halogens is 1. The van der Waals surface area contributed by atoms with Gasteiger partial charge in [0, 0.05) is 33.4 Å². The molecule has 8 heteroatoms. The van der Waals surface area contributed by atoms with Gasteiger partial charge < -0.3 is 24.0 Å². The summed E-state index contributed by atoms with van der Waals surface area (Å²) < 4.78 is 16.0. The van der Waals surface area contributed by atoms with Crippen molar-refractivity contribution in [2.75, 3.05) is 45.9 Å². The van der Waals surface area contributed by atoms with Gasteiger partial charge in [0.1, 0.15) is 13.2 Å². The predicted octanol–water partition coefficient (Wildman–Crippen LogP) is 2.99. The lowest BCUT2D eigenvalue weighted by atomic mass is 10.2. The van der Waals surface area contributed by atoms with E-state index in [-0.39, 0.29) is 23.1 Å². The Morgan fingerprint density at radius 3 is 2.45 bits per heavy atom. The fourth-order valence-electron chi connectivity index (χ4n) is 2.81. The molecule has 3 rings (SSSR count). The molecule has 0 saturated carbocycles. The Bertz CT molecular complexity index is 899. The van der Waals surface area contributed by atoms with Crippen LogP contribution in [-0.2, 0) is 16.1 Å². The molecule has 1 heterocycles. The first-order valence-corrected chi connectivity index (χ1v) is 9.49. The number of carbonyl (C=O) groups is 2. The molecule has 0 aromatic heterocycles. The van der Waals surface area contributed by atoms with Gasteiger partial charge in [0.15, 0.2) is 18.1 Å². The number of carbonyl (C=O) groups excluding carboxylic acids is 2. The fourth-order valence-corrected chi connectivity index (χ4v) is 3.08. The monoisotopic (exact) mass is 418 g/mol.